The summed E-state index contributed by atoms with van der Waals surface area (Å²) in [7, 11) is -2.99. The molecule has 0 radical (unpaired) electrons. The molecule has 0 spiro atoms. The van der Waals surface area contributed by atoms with Crippen molar-refractivity contribution in [2.45, 2.75) is 19.4 Å². The molecule has 18 heavy (non-hydrogen) atoms. The van der Waals surface area contributed by atoms with Gasteiger partial charge in [-0.25, -0.2) is 13.4 Å². The number of aromatic nitrogens is 1. The van der Waals surface area contributed by atoms with Gasteiger partial charge < -0.3 is 10.6 Å². The van der Waals surface area contributed by atoms with Gasteiger partial charge in [0.1, 0.15) is 0 Å². The zero-order chi connectivity index (χ0) is 13.3. The SMILES string of the molecule is CC1CS(=O)(=O)CCN1C(=O)Cc1csc(N)n1. The number of nitrogen functional groups attached to an aromatic ring is 1. The van der Waals surface area contributed by atoms with Crippen LogP contribution in [0, 0.1) is 0 Å². The van der Waals surface area contributed by atoms with Gasteiger partial charge in [0.25, 0.3) is 0 Å². The van der Waals surface area contributed by atoms with Crippen molar-refractivity contribution in [3.8, 4) is 0 Å². The summed E-state index contributed by atoms with van der Waals surface area (Å²) in [5.41, 5.74) is 6.14. The Morgan fingerprint density at radius 3 is 2.94 bits per heavy atom. The van der Waals surface area contributed by atoms with E-state index in [2.05, 4.69) is 4.98 Å². The van der Waals surface area contributed by atoms with Gasteiger partial charge in [-0.1, -0.05) is 0 Å². The van der Waals surface area contributed by atoms with Gasteiger partial charge in [-0.15, -0.1) is 11.3 Å². The van der Waals surface area contributed by atoms with E-state index in [1.165, 1.54) is 11.3 Å². The molecular formula is C10H15N3O3S2. The molecule has 1 unspecified atom stereocenters. The van der Waals surface area contributed by atoms with Gasteiger partial charge >= 0.3 is 0 Å². The second kappa shape index (κ2) is 4.85. The normalized spacial score (nSPS) is 22.9. The van der Waals surface area contributed by atoms with Crippen LogP contribution in [0.1, 0.15) is 12.6 Å². The van der Waals surface area contributed by atoms with Crippen molar-refractivity contribution in [2.75, 3.05) is 23.8 Å². The van der Waals surface area contributed by atoms with E-state index in [1.54, 1.807) is 17.2 Å². The molecule has 2 N–H and O–H groups in total. The lowest BCUT2D eigenvalue weighted by Gasteiger charge is -2.33. The smallest absolute Gasteiger partial charge is 0.228 e. The minimum atomic E-state index is -2.99. The number of thiazole rings is 1. The third-order valence-electron chi connectivity index (χ3n) is 2.89. The van der Waals surface area contributed by atoms with Crippen LogP contribution in [0.5, 0.6) is 0 Å². The largest absolute Gasteiger partial charge is 0.375 e. The molecule has 1 saturated heterocycles. The second-order valence-corrected chi connectivity index (χ2v) is 7.52. The standard InChI is InChI=1S/C10H15N3O3S2/c1-7-6-18(15,16)3-2-13(7)9(14)4-8-5-17-10(11)12-8/h5,7H,2-4,6H2,1H3,(H2,11,12). The van der Waals surface area contributed by atoms with Gasteiger partial charge in [0, 0.05) is 18.0 Å². The minimum Gasteiger partial charge on any atom is -0.375 e. The number of carbonyl (C=O) groups is 1. The molecule has 1 amide bonds. The first kappa shape index (κ1) is 13.3. The van der Waals surface area contributed by atoms with Crippen molar-refractivity contribution in [2.24, 2.45) is 0 Å². The van der Waals surface area contributed by atoms with E-state index < -0.39 is 9.84 Å². The molecule has 100 valence electrons. The van der Waals surface area contributed by atoms with Gasteiger partial charge in [-0.05, 0) is 6.92 Å². The van der Waals surface area contributed by atoms with Crippen molar-refractivity contribution in [1.82, 2.24) is 9.88 Å². The average Bonchev–Trinajstić information content (AvgIpc) is 2.62. The van der Waals surface area contributed by atoms with Gasteiger partial charge in [0.2, 0.25) is 5.91 Å². The maximum Gasteiger partial charge on any atom is 0.228 e. The highest BCUT2D eigenvalue weighted by molar-refractivity contribution is 7.91. The topological polar surface area (TPSA) is 93.4 Å². The first-order valence-corrected chi connectivity index (χ1v) is 8.27. The quantitative estimate of drug-likeness (QED) is 0.821. The molecule has 1 aliphatic heterocycles. The van der Waals surface area contributed by atoms with Crippen molar-refractivity contribution >= 4 is 32.2 Å². The zero-order valence-corrected chi connectivity index (χ0v) is 11.6. The predicted octanol–water partition coefficient (Wildman–Crippen LogP) is -0.0867. The Bertz CT molecular complexity index is 552. The molecule has 0 bridgehead atoms. The summed E-state index contributed by atoms with van der Waals surface area (Å²) in [5.74, 6) is -0.0112. The van der Waals surface area contributed by atoms with E-state index in [9.17, 15) is 13.2 Å². The lowest BCUT2D eigenvalue weighted by Crippen LogP contribution is -2.50. The van der Waals surface area contributed by atoms with Crippen LogP contribution in [0.25, 0.3) is 0 Å². The number of hydrogen-bond acceptors (Lipinski definition) is 6. The Morgan fingerprint density at radius 1 is 1.67 bits per heavy atom. The second-order valence-electron chi connectivity index (χ2n) is 4.40. The summed E-state index contributed by atoms with van der Waals surface area (Å²) in [6.07, 6.45) is 0.179. The van der Waals surface area contributed by atoms with Crippen LogP contribution in [-0.2, 0) is 21.1 Å². The summed E-state index contributed by atoms with van der Waals surface area (Å²) < 4.78 is 22.9. The van der Waals surface area contributed by atoms with E-state index in [0.717, 1.165) is 0 Å². The lowest BCUT2D eigenvalue weighted by molar-refractivity contribution is -0.132. The fourth-order valence-corrected chi connectivity index (χ4v) is 4.15. The Labute approximate surface area is 110 Å². The predicted molar refractivity (Wildman–Crippen MR) is 70.1 cm³/mol. The van der Waals surface area contributed by atoms with E-state index in [1.807, 2.05) is 0 Å². The van der Waals surface area contributed by atoms with Crippen LogP contribution >= 0.6 is 11.3 Å². The summed E-state index contributed by atoms with van der Waals surface area (Å²) >= 11 is 1.29. The minimum absolute atomic E-state index is 0.0396. The number of rotatable bonds is 2. The fraction of sp³-hybridized carbons (Fsp3) is 0.600. The third kappa shape index (κ3) is 2.99. The van der Waals surface area contributed by atoms with E-state index in [0.29, 0.717) is 10.8 Å². The van der Waals surface area contributed by atoms with Crippen LogP contribution in [0.3, 0.4) is 0 Å². The van der Waals surface area contributed by atoms with Gasteiger partial charge in [-0.2, -0.15) is 0 Å². The zero-order valence-electron chi connectivity index (χ0n) is 10.00. The number of nitrogens with two attached hydrogens (primary N) is 1. The maximum atomic E-state index is 12.1. The van der Waals surface area contributed by atoms with E-state index in [4.69, 9.17) is 5.73 Å². The molecule has 1 aromatic heterocycles. The molecule has 2 rings (SSSR count). The lowest BCUT2D eigenvalue weighted by atomic mass is 10.2. The Hall–Kier alpha value is -1.15. The summed E-state index contributed by atoms with van der Waals surface area (Å²) in [6.45, 7) is 2.02. The van der Waals surface area contributed by atoms with E-state index >= 15 is 0 Å². The van der Waals surface area contributed by atoms with Gasteiger partial charge in [-0.3, -0.25) is 4.79 Å². The monoisotopic (exact) mass is 289 g/mol. The molecule has 1 atom stereocenters. The number of hydrogen-bond donors (Lipinski definition) is 1. The number of sulfone groups is 1. The molecule has 1 aromatic rings. The first-order chi connectivity index (χ1) is 8.37. The highest BCUT2D eigenvalue weighted by atomic mass is 32.2. The molecule has 8 heteroatoms. The third-order valence-corrected chi connectivity index (χ3v) is 5.41. The molecular weight excluding hydrogens is 274 g/mol. The number of anilines is 1. The Kier molecular flexibility index (Phi) is 3.58. The number of amides is 1. The summed E-state index contributed by atoms with van der Waals surface area (Å²) in [5, 5.41) is 2.19. The Balaban J connectivity index is 2.02. The summed E-state index contributed by atoms with van der Waals surface area (Å²) in [4.78, 5) is 17.7. The van der Waals surface area contributed by atoms with Crippen LogP contribution in [0.15, 0.2) is 5.38 Å². The molecule has 1 aliphatic rings. The van der Waals surface area contributed by atoms with Crippen LogP contribution in [0.2, 0.25) is 0 Å². The molecule has 2 heterocycles. The first-order valence-electron chi connectivity index (χ1n) is 5.57. The van der Waals surface area contributed by atoms with Crippen molar-refractivity contribution in [3.63, 3.8) is 0 Å². The van der Waals surface area contributed by atoms with Crippen molar-refractivity contribution in [1.29, 1.82) is 0 Å². The molecule has 6 nitrogen and oxygen atoms in total. The van der Waals surface area contributed by atoms with Crippen LogP contribution in [-0.4, -0.2) is 48.3 Å². The van der Waals surface area contributed by atoms with Crippen LogP contribution in [0.4, 0.5) is 5.13 Å². The molecule has 0 saturated carbocycles. The highest BCUT2D eigenvalue weighted by Crippen LogP contribution is 2.16. The van der Waals surface area contributed by atoms with Gasteiger partial charge in [0.05, 0.1) is 23.6 Å². The summed E-state index contributed by atoms with van der Waals surface area (Å²) in [6, 6.07) is -0.271. The fourth-order valence-electron chi connectivity index (χ4n) is 2.03. The molecule has 0 aliphatic carbocycles. The number of carbonyl (C=O) groups excluding carboxylic acids is 1. The van der Waals surface area contributed by atoms with E-state index in [-0.39, 0.29) is 36.4 Å². The Morgan fingerprint density at radius 2 is 2.39 bits per heavy atom. The highest BCUT2D eigenvalue weighted by Gasteiger charge is 2.31. The number of nitrogens with zero attached hydrogens (tertiary/aromatic N) is 2. The average molecular weight is 289 g/mol. The maximum absolute atomic E-state index is 12.1. The van der Waals surface area contributed by atoms with Crippen molar-refractivity contribution < 1.29 is 13.2 Å². The van der Waals surface area contributed by atoms with Crippen LogP contribution < -0.4 is 5.73 Å². The van der Waals surface area contributed by atoms with Gasteiger partial charge in [0.15, 0.2) is 15.0 Å². The molecule has 1 fully saturated rings. The molecule has 0 aromatic carbocycles. The van der Waals surface area contributed by atoms with Crippen molar-refractivity contribution in [3.05, 3.63) is 11.1 Å².